The van der Waals surface area contributed by atoms with E-state index in [0.29, 0.717) is 29.7 Å². The van der Waals surface area contributed by atoms with Gasteiger partial charge in [-0.2, -0.15) is 5.26 Å². The van der Waals surface area contributed by atoms with Crippen molar-refractivity contribution in [3.63, 3.8) is 0 Å². The fourth-order valence-corrected chi connectivity index (χ4v) is 4.10. The Hall–Kier alpha value is -3.31. The first-order valence-corrected chi connectivity index (χ1v) is 9.99. The summed E-state index contributed by atoms with van der Waals surface area (Å²) in [5, 5.41) is 9.10. The van der Waals surface area contributed by atoms with Crippen molar-refractivity contribution < 1.29 is 9.18 Å². The van der Waals surface area contributed by atoms with Gasteiger partial charge in [-0.05, 0) is 63.5 Å². The number of rotatable bonds is 5. The summed E-state index contributed by atoms with van der Waals surface area (Å²) in [6.07, 6.45) is 3.45. The number of fused-ring (bicyclic) bond motifs is 1. The first-order valence-electron chi connectivity index (χ1n) is 9.99. The first kappa shape index (κ1) is 20.0. The Bertz CT molecular complexity index is 1180. The fourth-order valence-electron chi connectivity index (χ4n) is 4.10. The molecule has 0 unspecified atom stereocenters. The zero-order valence-electron chi connectivity index (χ0n) is 16.7. The van der Waals surface area contributed by atoms with Crippen molar-refractivity contribution >= 4 is 11.4 Å². The summed E-state index contributed by atoms with van der Waals surface area (Å²) >= 11 is 0. The van der Waals surface area contributed by atoms with Crippen LogP contribution >= 0.6 is 0 Å². The van der Waals surface area contributed by atoms with Crippen molar-refractivity contribution in [2.24, 2.45) is 5.92 Å². The predicted octanol–water partition coefficient (Wildman–Crippen LogP) is 2.48. The van der Waals surface area contributed by atoms with Crippen LogP contribution in [0.25, 0.3) is 5.65 Å². The molecule has 0 atom stereocenters. The Labute approximate surface area is 172 Å². The number of hydrogen-bond acceptors (Lipinski definition) is 5. The number of benzene rings is 1. The molecular weight excluding hydrogens is 385 g/mol. The van der Waals surface area contributed by atoms with E-state index in [9.17, 15) is 14.0 Å². The maximum atomic E-state index is 13.1. The van der Waals surface area contributed by atoms with E-state index in [1.807, 2.05) is 13.0 Å². The van der Waals surface area contributed by atoms with Crippen LogP contribution in [0.2, 0.25) is 0 Å². The van der Waals surface area contributed by atoms with E-state index in [1.54, 1.807) is 12.1 Å². The van der Waals surface area contributed by atoms with Crippen LogP contribution in [0, 0.1) is 30.0 Å². The van der Waals surface area contributed by atoms with E-state index in [4.69, 9.17) is 5.26 Å². The molecule has 1 saturated heterocycles. The van der Waals surface area contributed by atoms with Crippen LogP contribution in [0.15, 0.2) is 35.4 Å². The number of H-pyrrole nitrogens is 1. The van der Waals surface area contributed by atoms with Crippen LogP contribution in [0.4, 0.5) is 4.39 Å². The molecule has 30 heavy (non-hydrogen) atoms. The van der Waals surface area contributed by atoms with Gasteiger partial charge in [-0.15, -0.1) is 0 Å². The number of nitrogens with zero attached hydrogens (tertiary/aromatic N) is 4. The topological polar surface area (TPSA) is 94.3 Å². The maximum absolute atomic E-state index is 13.1. The van der Waals surface area contributed by atoms with Gasteiger partial charge >= 0.3 is 0 Å². The molecule has 8 heteroatoms. The molecule has 3 aromatic rings. The van der Waals surface area contributed by atoms with E-state index in [2.05, 4.69) is 14.9 Å². The number of nitrogens with one attached hydrogen (secondary N) is 1. The van der Waals surface area contributed by atoms with Gasteiger partial charge in [0.1, 0.15) is 18.2 Å². The summed E-state index contributed by atoms with van der Waals surface area (Å²) < 4.78 is 14.5. The fraction of sp³-hybridized carbons (Fsp3) is 0.364. The quantitative estimate of drug-likeness (QED) is 0.656. The Balaban J connectivity index is 1.38. The van der Waals surface area contributed by atoms with Crippen LogP contribution in [-0.4, -0.2) is 44.7 Å². The summed E-state index contributed by atoms with van der Waals surface area (Å²) in [5.74, 6) is -0.325. The average Bonchev–Trinajstić information content (AvgIpc) is 3.17. The van der Waals surface area contributed by atoms with Gasteiger partial charge in [0, 0.05) is 29.3 Å². The van der Waals surface area contributed by atoms with E-state index < -0.39 is 0 Å². The number of aromatic amines is 1. The highest BCUT2D eigenvalue weighted by atomic mass is 19.1. The molecule has 154 valence electrons. The Morgan fingerprint density at radius 3 is 2.67 bits per heavy atom. The number of ketones is 1. The largest absolute Gasteiger partial charge is 0.342 e. The number of aromatic nitrogens is 3. The minimum atomic E-state index is -0.343. The van der Waals surface area contributed by atoms with Crippen molar-refractivity contribution in [1.82, 2.24) is 19.3 Å². The molecule has 0 bridgehead atoms. The number of hydrogen-bond donors (Lipinski definition) is 1. The highest BCUT2D eigenvalue weighted by Gasteiger charge is 2.26. The second-order valence-corrected chi connectivity index (χ2v) is 7.69. The van der Waals surface area contributed by atoms with Gasteiger partial charge in [0.25, 0.3) is 5.56 Å². The Kier molecular flexibility index (Phi) is 5.46. The molecular formula is C22H22FN5O2. The summed E-state index contributed by atoms with van der Waals surface area (Å²) in [6, 6.07) is 7.71. The highest BCUT2D eigenvalue weighted by molar-refractivity contribution is 5.97. The van der Waals surface area contributed by atoms with Crippen LogP contribution in [0.5, 0.6) is 0 Å². The minimum absolute atomic E-state index is 0.0523. The lowest BCUT2D eigenvalue weighted by Crippen LogP contribution is -2.38. The number of carbonyl (C=O) groups is 1. The molecule has 0 aliphatic carbocycles. The van der Waals surface area contributed by atoms with E-state index in [-0.39, 0.29) is 28.8 Å². The Morgan fingerprint density at radius 1 is 1.30 bits per heavy atom. The second-order valence-electron chi connectivity index (χ2n) is 7.69. The van der Waals surface area contributed by atoms with E-state index >= 15 is 0 Å². The number of piperidine rings is 1. The monoisotopic (exact) mass is 407 g/mol. The van der Waals surface area contributed by atoms with Crippen molar-refractivity contribution in [2.45, 2.75) is 26.2 Å². The van der Waals surface area contributed by atoms with Crippen molar-refractivity contribution in [2.75, 3.05) is 19.6 Å². The third-order valence-electron chi connectivity index (χ3n) is 5.87. The zero-order valence-corrected chi connectivity index (χ0v) is 16.7. The highest BCUT2D eigenvalue weighted by Crippen LogP contribution is 2.22. The zero-order chi connectivity index (χ0) is 21.3. The normalized spacial score (nSPS) is 15.4. The lowest BCUT2D eigenvalue weighted by atomic mass is 9.89. The SMILES string of the molecule is Cc1[nH]c2c(C#N)ncn2c(=O)c1CCN1CCC(C(=O)c2ccc(F)cc2)CC1. The molecule has 7 nitrogen and oxygen atoms in total. The lowest BCUT2D eigenvalue weighted by Gasteiger charge is -2.31. The molecule has 3 heterocycles. The number of aryl methyl sites for hydroxylation is 1. The molecule has 0 radical (unpaired) electrons. The van der Waals surface area contributed by atoms with E-state index in [0.717, 1.165) is 31.6 Å². The molecule has 0 saturated carbocycles. The third-order valence-corrected chi connectivity index (χ3v) is 5.87. The Morgan fingerprint density at radius 2 is 2.00 bits per heavy atom. The van der Waals surface area contributed by atoms with Gasteiger partial charge in [-0.1, -0.05) is 0 Å². The predicted molar refractivity (Wildman–Crippen MR) is 109 cm³/mol. The van der Waals surface area contributed by atoms with Crippen molar-refractivity contribution in [3.05, 3.63) is 69.3 Å². The first-order chi connectivity index (χ1) is 14.5. The van der Waals surface area contributed by atoms with Crippen LogP contribution in [-0.2, 0) is 6.42 Å². The number of nitriles is 1. The van der Waals surface area contributed by atoms with Gasteiger partial charge in [0.05, 0.1) is 0 Å². The van der Waals surface area contributed by atoms with Crippen LogP contribution < -0.4 is 5.56 Å². The smallest absolute Gasteiger partial charge is 0.262 e. The average molecular weight is 407 g/mol. The number of carbonyl (C=O) groups excluding carboxylic acids is 1. The third kappa shape index (κ3) is 3.76. The molecule has 1 N–H and O–H groups in total. The van der Waals surface area contributed by atoms with Gasteiger partial charge in [0.2, 0.25) is 0 Å². The molecule has 2 aromatic heterocycles. The summed E-state index contributed by atoms with van der Waals surface area (Å²) in [6.45, 7) is 4.10. The number of likely N-dealkylation sites (tertiary alicyclic amines) is 1. The van der Waals surface area contributed by atoms with Crippen molar-refractivity contribution in [1.29, 1.82) is 5.26 Å². The number of Topliss-reactive ketones (excluding diaryl/α,β-unsaturated/α-hetero) is 1. The van der Waals surface area contributed by atoms with Gasteiger partial charge in [0.15, 0.2) is 17.1 Å². The van der Waals surface area contributed by atoms with Gasteiger partial charge in [-0.25, -0.2) is 13.8 Å². The van der Waals surface area contributed by atoms with Crippen LogP contribution in [0.1, 0.15) is 40.2 Å². The molecule has 0 spiro atoms. The lowest BCUT2D eigenvalue weighted by molar-refractivity contribution is 0.0841. The van der Waals surface area contributed by atoms with Crippen LogP contribution in [0.3, 0.4) is 0 Å². The molecule has 4 rings (SSSR count). The van der Waals surface area contributed by atoms with Crippen molar-refractivity contribution in [3.8, 4) is 6.07 Å². The minimum Gasteiger partial charge on any atom is -0.342 e. The molecule has 0 amide bonds. The van der Waals surface area contributed by atoms with Gasteiger partial charge in [-0.3, -0.25) is 9.59 Å². The van der Waals surface area contributed by atoms with Gasteiger partial charge < -0.3 is 9.88 Å². The molecule has 1 aliphatic heterocycles. The maximum Gasteiger partial charge on any atom is 0.262 e. The molecule has 1 aliphatic rings. The number of imidazole rings is 1. The second kappa shape index (κ2) is 8.20. The number of halogens is 1. The standard InChI is InChI=1S/C22H22FN5O2/c1-14-18(22(30)28-13-25-19(12-24)21(28)26-14)8-11-27-9-6-16(7-10-27)20(29)15-2-4-17(23)5-3-15/h2-5,13,16,26H,6-11H2,1H3. The van der Waals surface area contributed by atoms with E-state index in [1.165, 1.54) is 22.9 Å². The summed E-state index contributed by atoms with van der Waals surface area (Å²) in [7, 11) is 0. The summed E-state index contributed by atoms with van der Waals surface area (Å²) in [4.78, 5) is 34.7. The summed E-state index contributed by atoms with van der Waals surface area (Å²) in [5.41, 5.74) is 2.44. The molecule has 1 fully saturated rings. The molecule has 1 aromatic carbocycles.